The minimum atomic E-state index is -3.77. The molecule has 0 atom stereocenters. The lowest BCUT2D eigenvalue weighted by atomic mass is 9.90. The monoisotopic (exact) mass is 399 g/mol. The van der Waals surface area contributed by atoms with E-state index in [2.05, 4.69) is 0 Å². The van der Waals surface area contributed by atoms with Crippen LogP contribution in [0.15, 0.2) is 59.5 Å². The molecule has 1 aromatic heterocycles. The third-order valence-corrected chi connectivity index (χ3v) is 6.70. The standard InChI is InChI=1S/C20H17NO4S2/c1-20(2)16-15(12-8-10-14(11-9-12)27(21,23)24)17(13-6-4-3-5-7-13)26-18(16)19(22)25-20/h3-11H,1-2H3,(H2,21,23,24). The first-order valence-electron chi connectivity index (χ1n) is 8.28. The van der Waals surface area contributed by atoms with Crippen molar-refractivity contribution < 1.29 is 17.9 Å². The van der Waals surface area contributed by atoms with Crippen molar-refractivity contribution in [2.75, 3.05) is 0 Å². The van der Waals surface area contributed by atoms with Gasteiger partial charge in [-0.3, -0.25) is 0 Å². The van der Waals surface area contributed by atoms with Gasteiger partial charge in [0.25, 0.3) is 0 Å². The van der Waals surface area contributed by atoms with Crippen LogP contribution >= 0.6 is 11.3 Å². The number of carbonyl (C=O) groups is 1. The maximum absolute atomic E-state index is 12.4. The van der Waals surface area contributed by atoms with Crippen molar-refractivity contribution >= 4 is 27.3 Å². The van der Waals surface area contributed by atoms with Crippen molar-refractivity contribution in [1.82, 2.24) is 0 Å². The van der Waals surface area contributed by atoms with E-state index in [1.807, 2.05) is 44.2 Å². The molecule has 0 fully saturated rings. The number of ether oxygens (including phenoxy) is 1. The van der Waals surface area contributed by atoms with E-state index in [0.717, 1.165) is 27.1 Å². The zero-order valence-corrected chi connectivity index (χ0v) is 16.4. The van der Waals surface area contributed by atoms with E-state index >= 15 is 0 Å². The summed E-state index contributed by atoms with van der Waals surface area (Å²) in [5, 5.41) is 5.21. The molecule has 7 heteroatoms. The predicted octanol–water partition coefficient (Wildman–Crippen LogP) is 4.14. The van der Waals surface area contributed by atoms with Gasteiger partial charge in [0.15, 0.2) is 0 Å². The number of nitrogens with two attached hydrogens (primary N) is 1. The number of primary sulfonamides is 1. The predicted molar refractivity (Wildman–Crippen MR) is 105 cm³/mol. The first-order valence-corrected chi connectivity index (χ1v) is 10.6. The smallest absolute Gasteiger partial charge is 0.349 e. The summed E-state index contributed by atoms with van der Waals surface area (Å²) in [6.45, 7) is 3.72. The van der Waals surface area contributed by atoms with Gasteiger partial charge in [0.1, 0.15) is 10.5 Å². The van der Waals surface area contributed by atoms with E-state index in [-0.39, 0.29) is 10.9 Å². The quantitative estimate of drug-likeness (QED) is 0.671. The summed E-state index contributed by atoms with van der Waals surface area (Å²) in [7, 11) is -3.77. The van der Waals surface area contributed by atoms with Gasteiger partial charge in [0.05, 0.1) is 4.90 Å². The summed E-state index contributed by atoms with van der Waals surface area (Å²) in [6, 6.07) is 16.2. The lowest BCUT2D eigenvalue weighted by Crippen LogP contribution is -2.17. The molecule has 0 saturated heterocycles. The molecule has 1 aliphatic heterocycles. The summed E-state index contributed by atoms with van der Waals surface area (Å²) >= 11 is 1.40. The van der Waals surface area contributed by atoms with Gasteiger partial charge in [0, 0.05) is 16.0 Å². The zero-order chi connectivity index (χ0) is 19.4. The largest absolute Gasteiger partial charge is 0.450 e. The summed E-state index contributed by atoms with van der Waals surface area (Å²) in [4.78, 5) is 14.0. The maximum Gasteiger partial charge on any atom is 0.349 e. The number of hydrogen-bond acceptors (Lipinski definition) is 5. The molecule has 0 unspecified atom stereocenters. The number of fused-ring (bicyclic) bond motifs is 1. The highest BCUT2D eigenvalue weighted by molar-refractivity contribution is 7.89. The second-order valence-electron chi connectivity index (χ2n) is 6.85. The minimum Gasteiger partial charge on any atom is -0.450 e. The van der Waals surface area contributed by atoms with Crippen LogP contribution in [0, 0.1) is 0 Å². The second-order valence-corrected chi connectivity index (χ2v) is 9.43. The Kier molecular flexibility index (Phi) is 3.99. The molecule has 0 radical (unpaired) electrons. The molecule has 3 aromatic rings. The van der Waals surface area contributed by atoms with Crippen molar-refractivity contribution in [2.45, 2.75) is 24.3 Å². The third-order valence-electron chi connectivity index (χ3n) is 4.55. The van der Waals surface area contributed by atoms with Crippen LogP contribution in [0.5, 0.6) is 0 Å². The fourth-order valence-electron chi connectivity index (χ4n) is 3.36. The first kappa shape index (κ1) is 17.9. The Morgan fingerprint density at radius 2 is 1.56 bits per heavy atom. The van der Waals surface area contributed by atoms with Gasteiger partial charge >= 0.3 is 5.97 Å². The van der Waals surface area contributed by atoms with Gasteiger partial charge in [-0.25, -0.2) is 18.4 Å². The summed E-state index contributed by atoms with van der Waals surface area (Å²) < 4.78 is 28.7. The Labute approximate surface area is 161 Å². The van der Waals surface area contributed by atoms with Gasteiger partial charge in [-0.15, -0.1) is 11.3 Å². The van der Waals surface area contributed by atoms with Crippen molar-refractivity contribution in [3.8, 4) is 21.6 Å². The number of cyclic esters (lactones) is 1. The lowest BCUT2D eigenvalue weighted by Gasteiger charge is -2.20. The Bertz CT molecular complexity index is 1140. The average molecular weight is 399 g/mol. The normalized spacial score (nSPS) is 15.4. The lowest BCUT2D eigenvalue weighted by molar-refractivity contribution is 0.00983. The van der Waals surface area contributed by atoms with Gasteiger partial charge in [-0.1, -0.05) is 42.5 Å². The molecule has 5 nitrogen and oxygen atoms in total. The van der Waals surface area contributed by atoms with Crippen LogP contribution in [0.3, 0.4) is 0 Å². The summed E-state index contributed by atoms with van der Waals surface area (Å²) in [5.41, 5.74) is 2.76. The Morgan fingerprint density at radius 1 is 0.926 bits per heavy atom. The van der Waals surface area contributed by atoms with Crippen molar-refractivity contribution in [1.29, 1.82) is 0 Å². The van der Waals surface area contributed by atoms with Crippen molar-refractivity contribution in [2.24, 2.45) is 5.14 Å². The van der Waals surface area contributed by atoms with E-state index in [9.17, 15) is 13.2 Å². The topological polar surface area (TPSA) is 86.5 Å². The van der Waals surface area contributed by atoms with Crippen molar-refractivity contribution in [3.63, 3.8) is 0 Å². The number of sulfonamides is 1. The first-order chi connectivity index (χ1) is 12.7. The van der Waals surface area contributed by atoms with E-state index in [1.54, 1.807) is 12.1 Å². The number of rotatable bonds is 3. The van der Waals surface area contributed by atoms with Crippen LogP contribution in [0.2, 0.25) is 0 Å². The van der Waals surface area contributed by atoms with E-state index < -0.39 is 15.6 Å². The number of thiophene rings is 1. The SMILES string of the molecule is CC1(C)OC(=O)c2sc(-c3ccccc3)c(-c3ccc(S(N)(=O)=O)cc3)c21. The highest BCUT2D eigenvalue weighted by Gasteiger charge is 2.43. The molecule has 0 saturated carbocycles. The van der Waals surface area contributed by atoms with Gasteiger partial charge in [0.2, 0.25) is 10.0 Å². The van der Waals surface area contributed by atoms with Gasteiger partial charge in [-0.2, -0.15) is 0 Å². The number of esters is 1. The molecule has 2 aromatic carbocycles. The molecule has 4 rings (SSSR count). The van der Waals surface area contributed by atoms with Gasteiger partial charge < -0.3 is 4.74 Å². The molecule has 0 aliphatic carbocycles. The maximum atomic E-state index is 12.4. The van der Waals surface area contributed by atoms with E-state index in [1.165, 1.54) is 23.5 Å². The number of carbonyl (C=O) groups excluding carboxylic acids is 1. The summed E-state index contributed by atoms with van der Waals surface area (Å²) in [5.74, 6) is -0.329. The van der Waals surface area contributed by atoms with Crippen LogP contribution in [0.4, 0.5) is 0 Å². The molecular formula is C20H17NO4S2. The van der Waals surface area contributed by atoms with Crippen LogP contribution in [-0.2, 0) is 20.4 Å². The minimum absolute atomic E-state index is 0.0472. The van der Waals surface area contributed by atoms with Gasteiger partial charge in [-0.05, 0) is 37.1 Å². The number of hydrogen-bond donors (Lipinski definition) is 1. The van der Waals surface area contributed by atoms with Crippen LogP contribution in [-0.4, -0.2) is 14.4 Å². The molecule has 1 aliphatic rings. The van der Waals surface area contributed by atoms with Crippen LogP contribution < -0.4 is 5.14 Å². The Morgan fingerprint density at radius 3 is 2.15 bits per heavy atom. The molecule has 0 amide bonds. The molecular weight excluding hydrogens is 382 g/mol. The van der Waals surface area contributed by atoms with Crippen LogP contribution in [0.25, 0.3) is 21.6 Å². The molecule has 27 heavy (non-hydrogen) atoms. The molecule has 0 spiro atoms. The third kappa shape index (κ3) is 2.97. The average Bonchev–Trinajstić information content (AvgIpc) is 3.12. The van der Waals surface area contributed by atoms with E-state index in [0.29, 0.717) is 4.88 Å². The van der Waals surface area contributed by atoms with Crippen molar-refractivity contribution in [3.05, 3.63) is 65.0 Å². The Hall–Kier alpha value is -2.48. The van der Waals surface area contributed by atoms with Crippen LogP contribution in [0.1, 0.15) is 29.1 Å². The molecule has 2 N–H and O–H groups in total. The zero-order valence-electron chi connectivity index (χ0n) is 14.7. The molecule has 2 heterocycles. The summed E-state index contributed by atoms with van der Waals surface area (Å²) in [6.07, 6.45) is 0. The fourth-order valence-corrected chi connectivity index (χ4v) is 5.23. The fraction of sp³-hybridized carbons (Fsp3) is 0.150. The molecule has 0 bridgehead atoms. The van der Waals surface area contributed by atoms with E-state index in [4.69, 9.17) is 9.88 Å². The number of benzene rings is 2. The molecule has 138 valence electrons. The highest BCUT2D eigenvalue weighted by Crippen LogP contribution is 2.51. The second kappa shape index (κ2) is 6.02. The highest BCUT2D eigenvalue weighted by atomic mass is 32.2. The Balaban J connectivity index is 1.99.